The Morgan fingerprint density at radius 3 is 2.83 bits per heavy atom. The molecule has 23 heavy (non-hydrogen) atoms. The fraction of sp³-hybridized carbons (Fsp3) is 0.611. The molecule has 0 amide bonds. The minimum absolute atomic E-state index is 0.310. The number of methoxy groups -OCH3 is 1. The van der Waals surface area contributed by atoms with Crippen LogP contribution in [-0.2, 0) is 6.54 Å². The number of nitrogens with two attached hydrogens (primary N) is 1. The molecule has 0 spiro atoms. The smallest absolute Gasteiger partial charge is 0.188 e. The molecule has 1 aliphatic carbocycles. The minimum Gasteiger partial charge on any atom is -0.497 e. The molecule has 0 aliphatic heterocycles. The highest BCUT2D eigenvalue weighted by atomic mass is 16.5. The molecule has 2 rings (SSSR count). The second kappa shape index (κ2) is 9.28. The summed E-state index contributed by atoms with van der Waals surface area (Å²) in [7, 11) is 1.67. The van der Waals surface area contributed by atoms with Crippen LogP contribution in [-0.4, -0.2) is 25.7 Å². The molecule has 0 bridgehead atoms. The summed E-state index contributed by atoms with van der Waals surface area (Å²) in [5, 5.41) is 3.13. The van der Waals surface area contributed by atoms with Crippen LogP contribution in [0.25, 0.3) is 0 Å². The van der Waals surface area contributed by atoms with Gasteiger partial charge >= 0.3 is 0 Å². The van der Waals surface area contributed by atoms with Crippen LogP contribution in [0.1, 0.15) is 51.0 Å². The predicted molar refractivity (Wildman–Crippen MR) is 94.1 cm³/mol. The molecule has 128 valence electrons. The third-order valence-electron chi connectivity index (χ3n) is 4.13. The molecular weight excluding hydrogens is 290 g/mol. The summed E-state index contributed by atoms with van der Waals surface area (Å²) in [6.45, 7) is 3.52. The number of rotatable bonds is 8. The Bertz CT molecular complexity index is 511. The van der Waals surface area contributed by atoms with Crippen LogP contribution in [0.15, 0.2) is 23.2 Å². The Balaban J connectivity index is 2.02. The molecule has 0 radical (unpaired) electrons. The molecule has 3 N–H and O–H groups in total. The molecular formula is C18H29N3O2. The topological polar surface area (TPSA) is 68.9 Å². The van der Waals surface area contributed by atoms with Crippen molar-refractivity contribution >= 4 is 5.96 Å². The standard InChI is InChI=1S/C18H29N3O2/c1-3-4-11-20-18(19)21-13-14-9-10-16(22-2)12-17(14)23-15-7-5-6-8-15/h9-10,12,15H,3-8,11,13H2,1-2H3,(H3,19,20,21). The highest BCUT2D eigenvalue weighted by Gasteiger charge is 2.18. The zero-order valence-electron chi connectivity index (χ0n) is 14.3. The summed E-state index contributed by atoms with van der Waals surface area (Å²) < 4.78 is 11.5. The fourth-order valence-electron chi connectivity index (χ4n) is 2.71. The van der Waals surface area contributed by atoms with Gasteiger partial charge < -0.3 is 20.5 Å². The molecule has 1 aromatic carbocycles. The first-order valence-corrected chi connectivity index (χ1v) is 8.60. The minimum atomic E-state index is 0.310. The molecule has 1 saturated carbocycles. The number of unbranched alkanes of at least 4 members (excludes halogenated alkanes) is 1. The van der Waals surface area contributed by atoms with Crippen LogP contribution in [0.2, 0.25) is 0 Å². The molecule has 0 aromatic heterocycles. The van der Waals surface area contributed by atoms with Gasteiger partial charge in [0.15, 0.2) is 5.96 Å². The van der Waals surface area contributed by atoms with Gasteiger partial charge in [0.25, 0.3) is 0 Å². The molecule has 0 unspecified atom stereocenters. The first kappa shape index (κ1) is 17.4. The Labute approximate surface area is 139 Å². The van der Waals surface area contributed by atoms with Crippen molar-refractivity contribution in [1.82, 2.24) is 5.32 Å². The normalized spacial score (nSPS) is 15.7. The molecule has 1 fully saturated rings. The van der Waals surface area contributed by atoms with Gasteiger partial charge in [-0.2, -0.15) is 0 Å². The number of nitrogens with zero attached hydrogens (tertiary/aromatic N) is 1. The predicted octanol–water partition coefficient (Wildman–Crippen LogP) is 3.22. The van der Waals surface area contributed by atoms with Gasteiger partial charge in [-0.15, -0.1) is 0 Å². The van der Waals surface area contributed by atoms with E-state index >= 15 is 0 Å². The number of nitrogens with one attached hydrogen (secondary N) is 1. The van der Waals surface area contributed by atoms with Gasteiger partial charge in [0, 0.05) is 18.2 Å². The zero-order chi connectivity index (χ0) is 16.5. The van der Waals surface area contributed by atoms with Gasteiger partial charge in [-0.1, -0.05) is 13.3 Å². The van der Waals surface area contributed by atoms with Crippen molar-refractivity contribution in [1.29, 1.82) is 0 Å². The molecule has 5 heteroatoms. The third-order valence-corrected chi connectivity index (χ3v) is 4.13. The third kappa shape index (κ3) is 5.66. The highest BCUT2D eigenvalue weighted by Crippen LogP contribution is 2.30. The first-order chi connectivity index (χ1) is 11.2. The fourth-order valence-corrected chi connectivity index (χ4v) is 2.71. The van der Waals surface area contributed by atoms with Gasteiger partial charge in [-0.3, -0.25) is 0 Å². The number of hydrogen-bond acceptors (Lipinski definition) is 3. The maximum Gasteiger partial charge on any atom is 0.188 e. The molecule has 0 saturated heterocycles. The van der Waals surface area contributed by atoms with Crippen molar-refractivity contribution in [2.75, 3.05) is 13.7 Å². The first-order valence-electron chi connectivity index (χ1n) is 8.60. The second-order valence-corrected chi connectivity index (χ2v) is 5.98. The number of benzene rings is 1. The summed E-state index contributed by atoms with van der Waals surface area (Å²) >= 11 is 0. The largest absolute Gasteiger partial charge is 0.497 e. The summed E-state index contributed by atoms with van der Waals surface area (Å²) in [6.07, 6.45) is 7.28. The van der Waals surface area contributed by atoms with Gasteiger partial charge in [0.2, 0.25) is 0 Å². The molecule has 0 heterocycles. The van der Waals surface area contributed by atoms with E-state index in [1.807, 2.05) is 18.2 Å². The van der Waals surface area contributed by atoms with Crippen molar-refractivity contribution < 1.29 is 9.47 Å². The van der Waals surface area contributed by atoms with E-state index in [4.69, 9.17) is 15.2 Å². The summed E-state index contributed by atoms with van der Waals surface area (Å²) in [5.41, 5.74) is 6.95. The van der Waals surface area contributed by atoms with E-state index in [1.165, 1.54) is 12.8 Å². The van der Waals surface area contributed by atoms with Crippen LogP contribution in [0.4, 0.5) is 0 Å². The Morgan fingerprint density at radius 1 is 1.35 bits per heavy atom. The van der Waals surface area contributed by atoms with E-state index in [9.17, 15) is 0 Å². The van der Waals surface area contributed by atoms with Gasteiger partial charge in [-0.05, 0) is 44.2 Å². The lowest BCUT2D eigenvalue weighted by Gasteiger charge is -2.17. The van der Waals surface area contributed by atoms with Gasteiger partial charge in [-0.25, -0.2) is 4.99 Å². The lowest BCUT2D eigenvalue weighted by molar-refractivity contribution is 0.207. The van der Waals surface area contributed by atoms with Crippen molar-refractivity contribution in [3.05, 3.63) is 23.8 Å². The Kier molecular flexibility index (Phi) is 7.04. The van der Waals surface area contributed by atoms with Crippen molar-refractivity contribution in [3.8, 4) is 11.5 Å². The molecule has 5 nitrogen and oxygen atoms in total. The Morgan fingerprint density at radius 2 is 2.13 bits per heavy atom. The van der Waals surface area contributed by atoms with Gasteiger partial charge in [0.1, 0.15) is 11.5 Å². The van der Waals surface area contributed by atoms with Crippen LogP contribution >= 0.6 is 0 Å². The Hall–Kier alpha value is -1.91. The molecule has 0 atom stereocenters. The van der Waals surface area contributed by atoms with E-state index in [0.29, 0.717) is 18.6 Å². The van der Waals surface area contributed by atoms with Gasteiger partial charge in [0.05, 0.1) is 19.8 Å². The van der Waals surface area contributed by atoms with Crippen molar-refractivity contribution in [2.45, 2.75) is 58.1 Å². The van der Waals surface area contributed by atoms with Crippen molar-refractivity contribution in [3.63, 3.8) is 0 Å². The van der Waals surface area contributed by atoms with E-state index < -0.39 is 0 Å². The lowest BCUT2D eigenvalue weighted by Crippen LogP contribution is -2.32. The summed E-state index contributed by atoms with van der Waals surface area (Å²) in [4.78, 5) is 4.42. The van der Waals surface area contributed by atoms with E-state index in [1.54, 1.807) is 7.11 Å². The monoisotopic (exact) mass is 319 g/mol. The van der Waals surface area contributed by atoms with E-state index in [-0.39, 0.29) is 0 Å². The maximum atomic E-state index is 6.17. The zero-order valence-corrected chi connectivity index (χ0v) is 14.3. The van der Waals surface area contributed by atoms with Crippen molar-refractivity contribution in [2.24, 2.45) is 10.7 Å². The average molecular weight is 319 g/mol. The lowest BCUT2D eigenvalue weighted by atomic mass is 10.2. The van der Waals surface area contributed by atoms with E-state index in [0.717, 1.165) is 49.3 Å². The van der Waals surface area contributed by atoms with Crippen LogP contribution in [0.5, 0.6) is 11.5 Å². The molecule has 1 aromatic rings. The SMILES string of the molecule is CCCCNC(N)=NCc1ccc(OC)cc1OC1CCCC1. The summed E-state index contributed by atoms with van der Waals surface area (Å²) in [6, 6.07) is 5.89. The number of ether oxygens (including phenoxy) is 2. The highest BCUT2D eigenvalue weighted by molar-refractivity contribution is 5.77. The van der Waals surface area contributed by atoms with Crippen LogP contribution < -0.4 is 20.5 Å². The van der Waals surface area contributed by atoms with Crippen LogP contribution in [0, 0.1) is 0 Å². The maximum absolute atomic E-state index is 6.17. The second-order valence-electron chi connectivity index (χ2n) is 5.98. The summed E-state index contributed by atoms with van der Waals surface area (Å²) in [5.74, 6) is 2.15. The number of aliphatic imine (C=N–C) groups is 1. The quantitative estimate of drug-likeness (QED) is 0.438. The number of hydrogen-bond donors (Lipinski definition) is 2. The molecule has 1 aliphatic rings. The number of guanidine groups is 1. The van der Waals surface area contributed by atoms with Crippen LogP contribution in [0.3, 0.4) is 0 Å². The average Bonchev–Trinajstić information content (AvgIpc) is 3.07. The van der Waals surface area contributed by atoms with E-state index in [2.05, 4.69) is 17.2 Å².